The molecule has 160 valence electrons. The van der Waals surface area contributed by atoms with Crippen LogP contribution in [-0.2, 0) is 9.53 Å². The molecule has 1 aliphatic rings. The summed E-state index contributed by atoms with van der Waals surface area (Å²) in [6.07, 6.45) is 0.197. The number of carbonyl (C=O) groups is 3. The maximum absolute atomic E-state index is 12.6. The minimum Gasteiger partial charge on any atom is -0.508 e. The molecule has 3 amide bonds. The molecular weight excluding hydrogens is 378 g/mol. The van der Waals surface area contributed by atoms with E-state index in [1.807, 2.05) is 0 Å². The standard InChI is InChI=1S/C20H29N3O6/c1-20(2,3)29-19(28)21-6-5-17(26)22-7-4-8-23(10-9-22)18(27)14-11-15(24)13-16(25)12-14/h11-13,24-25H,4-10H2,1-3H3,(H,21,28). The highest BCUT2D eigenvalue weighted by Crippen LogP contribution is 2.22. The van der Waals surface area contributed by atoms with Crippen LogP contribution >= 0.6 is 0 Å². The molecule has 1 aliphatic heterocycles. The predicted octanol–water partition coefficient (Wildman–Crippen LogP) is 1.69. The molecule has 0 saturated carbocycles. The monoisotopic (exact) mass is 407 g/mol. The number of carbonyl (C=O) groups excluding carboxylic acids is 3. The number of ether oxygens (including phenoxy) is 1. The Balaban J connectivity index is 1.83. The lowest BCUT2D eigenvalue weighted by Crippen LogP contribution is -2.39. The van der Waals surface area contributed by atoms with Crippen molar-refractivity contribution in [3.63, 3.8) is 0 Å². The van der Waals surface area contributed by atoms with Crippen LogP contribution in [0.1, 0.15) is 44.0 Å². The highest BCUT2D eigenvalue weighted by molar-refractivity contribution is 5.95. The van der Waals surface area contributed by atoms with Gasteiger partial charge in [-0.3, -0.25) is 9.59 Å². The Morgan fingerprint density at radius 3 is 2.21 bits per heavy atom. The number of hydrogen-bond acceptors (Lipinski definition) is 6. The normalized spacial score (nSPS) is 14.9. The van der Waals surface area contributed by atoms with Gasteiger partial charge < -0.3 is 30.1 Å². The summed E-state index contributed by atoms with van der Waals surface area (Å²) in [5.41, 5.74) is -0.398. The zero-order valence-corrected chi connectivity index (χ0v) is 17.1. The lowest BCUT2D eigenvalue weighted by atomic mass is 10.1. The molecular formula is C20H29N3O6. The largest absolute Gasteiger partial charge is 0.508 e. The molecule has 9 heteroatoms. The zero-order chi connectivity index (χ0) is 21.6. The minimum atomic E-state index is -0.596. The summed E-state index contributed by atoms with van der Waals surface area (Å²) in [5, 5.41) is 21.7. The van der Waals surface area contributed by atoms with Gasteiger partial charge in [0.2, 0.25) is 5.91 Å². The smallest absolute Gasteiger partial charge is 0.407 e. The van der Waals surface area contributed by atoms with Crippen molar-refractivity contribution in [3.05, 3.63) is 23.8 Å². The molecule has 0 spiro atoms. The van der Waals surface area contributed by atoms with Gasteiger partial charge in [-0.05, 0) is 39.3 Å². The molecule has 0 radical (unpaired) electrons. The van der Waals surface area contributed by atoms with Crippen molar-refractivity contribution in [3.8, 4) is 11.5 Å². The summed E-state index contributed by atoms with van der Waals surface area (Å²) in [6, 6.07) is 3.77. The van der Waals surface area contributed by atoms with Crippen LogP contribution in [0.3, 0.4) is 0 Å². The van der Waals surface area contributed by atoms with Crippen molar-refractivity contribution in [2.24, 2.45) is 0 Å². The van der Waals surface area contributed by atoms with Gasteiger partial charge in [0, 0.05) is 50.8 Å². The number of nitrogens with one attached hydrogen (secondary N) is 1. The summed E-state index contributed by atoms with van der Waals surface area (Å²) in [6.45, 7) is 7.17. The molecule has 3 N–H and O–H groups in total. The van der Waals surface area contributed by atoms with E-state index in [-0.39, 0.29) is 41.8 Å². The summed E-state index contributed by atoms with van der Waals surface area (Å²) in [4.78, 5) is 40.0. The molecule has 0 aromatic heterocycles. The molecule has 1 saturated heterocycles. The van der Waals surface area contributed by atoms with Gasteiger partial charge in [-0.15, -0.1) is 0 Å². The molecule has 1 aromatic rings. The number of rotatable bonds is 4. The summed E-state index contributed by atoms with van der Waals surface area (Å²) in [5.74, 6) is -0.780. The topological polar surface area (TPSA) is 119 Å². The Hall–Kier alpha value is -2.97. The van der Waals surface area contributed by atoms with E-state index in [4.69, 9.17) is 4.74 Å². The first-order valence-electron chi connectivity index (χ1n) is 9.62. The van der Waals surface area contributed by atoms with Crippen LogP contribution in [-0.4, -0.2) is 76.2 Å². The predicted molar refractivity (Wildman–Crippen MR) is 106 cm³/mol. The first kappa shape index (κ1) is 22.3. The second kappa shape index (κ2) is 9.49. The molecule has 9 nitrogen and oxygen atoms in total. The molecule has 0 unspecified atom stereocenters. The Bertz CT molecular complexity index is 739. The Morgan fingerprint density at radius 1 is 1.00 bits per heavy atom. The van der Waals surface area contributed by atoms with Crippen molar-refractivity contribution in [1.82, 2.24) is 15.1 Å². The van der Waals surface area contributed by atoms with Crippen LogP contribution in [0.5, 0.6) is 11.5 Å². The lowest BCUT2D eigenvalue weighted by Gasteiger charge is -2.23. The third-order valence-corrected chi connectivity index (χ3v) is 4.29. The first-order valence-corrected chi connectivity index (χ1v) is 9.62. The Kier molecular flexibility index (Phi) is 7.30. The number of aromatic hydroxyl groups is 2. The highest BCUT2D eigenvalue weighted by atomic mass is 16.6. The van der Waals surface area contributed by atoms with Gasteiger partial charge in [-0.2, -0.15) is 0 Å². The van der Waals surface area contributed by atoms with Crippen LogP contribution in [0.25, 0.3) is 0 Å². The van der Waals surface area contributed by atoms with Gasteiger partial charge in [-0.25, -0.2) is 4.79 Å². The quantitative estimate of drug-likeness (QED) is 0.699. The third-order valence-electron chi connectivity index (χ3n) is 4.29. The summed E-state index contributed by atoms with van der Waals surface area (Å²) < 4.78 is 5.13. The molecule has 0 bridgehead atoms. The Labute approximate surface area is 170 Å². The van der Waals surface area contributed by atoms with Gasteiger partial charge in [-0.1, -0.05) is 0 Å². The number of hydrogen-bond donors (Lipinski definition) is 3. The molecule has 1 heterocycles. The molecule has 0 aliphatic carbocycles. The van der Waals surface area contributed by atoms with E-state index in [0.29, 0.717) is 32.6 Å². The van der Waals surface area contributed by atoms with E-state index in [9.17, 15) is 24.6 Å². The maximum Gasteiger partial charge on any atom is 0.407 e. The highest BCUT2D eigenvalue weighted by Gasteiger charge is 2.23. The van der Waals surface area contributed by atoms with Crippen molar-refractivity contribution in [1.29, 1.82) is 0 Å². The number of alkyl carbamates (subject to hydrolysis) is 1. The minimum absolute atomic E-state index is 0.106. The third kappa shape index (κ3) is 7.17. The number of nitrogens with zero attached hydrogens (tertiary/aromatic N) is 2. The van der Waals surface area contributed by atoms with Crippen LogP contribution in [0.2, 0.25) is 0 Å². The molecule has 0 atom stereocenters. The average molecular weight is 407 g/mol. The van der Waals surface area contributed by atoms with E-state index < -0.39 is 11.7 Å². The van der Waals surface area contributed by atoms with Gasteiger partial charge in [0.05, 0.1) is 0 Å². The van der Waals surface area contributed by atoms with Crippen LogP contribution in [0, 0.1) is 0 Å². The van der Waals surface area contributed by atoms with Crippen molar-refractivity contribution in [2.75, 3.05) is 32.7 Å². The van der Waals surface area contributed by atoms with Gasteiger partial charge in [0.25, 0.3) is 5.91 Å². The summed E-state index contributed by atoms with van der Waals surface area (Å²) in [7, 11) is 0. The van der Waals surface area contributed by atoms with Crippen LogP contribution in [0.15, 0.2) is 18.2 Å². The fraction of sp³-hybridized carbons (Fsp3) is 0.550. The maximum atomic E-state index is 12.6. The molecule has 29 heavy (non-hydrogen) atoms. The SMILES string of the molecule is CC(C)(C)OC(=O)NCCC(=O)N1CCCN(C(=O)c2cc(O)cc(O)c2)CC1. The number of phenols is 2. The first-order chi connectivity index (χ1) is 13.5. The van der Waals surface area contributed by atoms with Crippen LogP contribution in [0.4, 0.5) is 4.79 Å². The number of amides is 3. The second-order valence-electron chi connectivity index (χ2n) is 7.94. The number of benzene rings is 1. The van der Waals surface area contributed by atoms with Crippen molar-refractivity contribution in [2.45, 2.75) is 39.2 Å². The fourth-order valence-electron chi connectivity index (χ4n) is 3.01. The van der Waals surface area contributed by atoms with E-state index >= 15 is 0 Å². The molecule has 1 fully saturated rings. The second-order valence-corrected chi connectivity index (χ2v) is 7.94. The average Bonchev–Trinajstić information content (AvgIpc) is 2.84. The lowest BCUT2D eigenvalue weighted by molar-refractivity contribution is -0.130. The van der Waals surface area contributed by atoms with Gasteiger partial charge in [0.1, 0.15) is 17.1 Å². The van der Waals surface area contributed by atoms with E-state index in [1.165, 1.54) is 12.1 Å². The zero-order valence-electron chi connectivity index (χ0n) is 17.1. The van der Waals surface area contributed by atoms with E-state index in [2.05, 4.69) is 5.32 Å². The van der Waals surface area contributed by atoms with Crippen molar-refractivity contribution < 1.29 is 29.3 Å². The van der Waals surface area contributed by atoms with Crippen LogP contribution < -0.4 is 5.32 Å². The summed E-state index contributed by atoms with van der Waals surface area (Å²) >= 11 is 0. The van der Waals surface area contributed by atoms with Gasteiger partial charge >= 0.3 is 6.09 Å². The Morgan fingerprint density at radius 2 is 1.59 bits per heavy atom. The molecule has 1 aromatic carbocycles. The van der Waals surface area contributed by atoms with Crippen molar-refractivity contribution >= 4 is 17.9 Å². The fourth-order valence-corrected chi connectivity index (χ4v) is 3.01. The number of phenolic OH excluding ortho intramolecular Hbond substituents is 2. The van der Waals surface area contributed by atoms with E-state index in [0.717, 1.165) is 6.07 Å². The van der Waals surface area contributed by atoms with Gasteiger partial charge in [0.15, 0.2) is 0 Å². The molecule has 2 rings (SSSR count). The van der Waals surface area contributed by atoms with E-state index in [1.54, 1.807) is 30.6 Å².